The molecule has 184 valence electrons. The molecule has 4 N–H and O–H groups in total. The monoisotopic (exact) mass is 469 g/mol. The number of carbonyl (C=O) groups is 3. The third-order valence-corrected chi connectivity index (χ3v) is 6.34. The zero-order valence-electron chi connectivity index (χ0n) is 19.9. The maximum atomic E-state index is 13.2. The number of hydrogen-bond donors (Lipinski definition) is 4. The smallest absolute Gasteiger partial charge is 0.321 e. The van der Waals surface area contributed by atoms with Gasteiger partial charge in [-0.05, 0) is 61.9 Å². The number of nitrogens with zero attached hydrogens (tertiary/aromatic N) is 2. The summed E-state index contributed by atoms with van der Waals surface area (Å²) in [7, 11) is 1.69. The Labute approximate surface area is 200 Å². The van der Waals surface area contributed by atoms with Gasteiger partial charge in [-0.15, -0.1) is 0 Å². The van der Waals surface area contributed by atoms with E-state index in [-0.39, 0.29) is 17.7 Å². The average molecular weight is 470 g/mol. The van der Waals surface area contributed by atoms with Crippen LogP contribution < -0.4 is 16.0 Å². The number of aryl methyl sites for hydroxylation is 1. The van der Waals surface area contributed by atoms with Gasteiger partial charge < -0.3 is 21.1 Å². The minimum Gasteiger partial charge on any atom is -0.480 e. The minimum absolute atomic E-state index is 0.0752. The van der Waals surface area contributed by atoms with Gasteiger partial charge in [0.25, 0.3) is 5.91 Å². The molecule has 2 atom stereocenters. The van der Waals surface area contributed by atoms with E-state index < -0.39 is 18.1 Å². The van der Waals surface area contributed by atoms with Crippen molar-refractivity contribution in [1.82, 2.24) is 20.4 Å². The third-order valence-electron chi connectivity index (χ3n) is 6.34. The molecule has 0 unspecified atom stereocenters. The molecule has 9 heteroatoms. The fourth-order valence-corrected chi connectivity index (χ4v) is 4.42. The summed E-state index contributed by atoms with van der Waals surface area (Å²) in [5, 5.41) is 22.4. The van der Waals surface area contributed by atoms with Crippen LogP contribution in [0.15, 0.2) is 36.5 Å². The van der Waals surface area contributed by atoms with Gasteiger partial charge >= 0.3 is 5.97 Å². The Morgan fingerprint density at radius 2 is 1.82 bits per heavy atom. The Hall–Kier alpha value is -3.20. The van der Waals surface area contributed by atoms with E-state index in [1.165, 1.54) is 4.68 Å². The van der Waals surface area contributed by atoms with E-state index in [0.29, 0.717) is 24.3 Å². The molecule has 0 saturated heterocycles. The van der Waals surface area contributed by atoms with Crippen molar-refractivity contribution in [2.45, 2.75) is 64.0 Å². The van der Waals surface area contributed by atoms with Gasteiger partial charge in [0.15, 0.2) is 0 Å². The highest BCUT2D eigenvalue weighted by molar-refractivity contribution is 6.00. The van der Waals surface area contributed by atoms with Crippen molar-refractivity contribution >= 4 is 23.5 Å². The van der Waals surface area contributed by atoms with Crippen LogP contribution in [0.3, 0.4) is 0 Å². The zero-order valence-corrected chi connectivity index (χ0v) is 19.9. The quantitative estimate of drug-likeness (QED) is 0.401. The number of amides is 2. The molecule has 0 aliphatic heterocycles. The zero-order chi connectivity index (χ0) is 24.5. The lowest BCUT2D eigenvalue weighted by atomic mass is 9.83. The lowest BCUT2D eigenvalue weighted by Gasteiger charge is -2.30. The molecular weight excluding hydrogens is 434 g/mol. The third kappa shape index (κ3) is 6.90. The second-order valence-corrected chi connectivity index (χ2v) is 8.92. The van der Waals surface area contributed by atoms with Crippen LogP contribution in [-0.2, 0) is 23.1 Å². The van der Waals surface area contributed by atoms with Crippen molar-refractivity contribution in [3.63, 3.8) is 0 Å². The summed E-state index contributed by atoms with van der Waals surface area (Å²) in [5.74, 6) is -1.37. The van der Waals surface area contributed by atoms with Crippen molar-refractivity contribution in [2.75, 3.05) is 11.9 Å². The van der Waals surface area contributed by atoms with Crippen LogP contribution in [0.1, 0.15) is 61.5 Å². The second kappa shape index (κ2) is 12.3. The first-order valence-electron chi connectivity index (χ1n) is 12.0. The van der Waals surface area contributed by atoms with Gasteiger partial charge in [0.2, 0.25) is 5.91 Å². The second-order valence-electron chi connectivity index (χ2n) is 8.92. The largest absolute Gasteiger partial charge is 0.480 e. The fourth-order valence-electron chi connectivity index (χ4n) is 4.42. The molecule has 1 aromatic heterocycles. The summed E-state index contributed by atoms with van der Waals surface area (Å²) < 4.78 is 1.49. The van der Waals surface area contributed by atoms with E-state index in [9.17, 15) is 19.5 Å². The number of anilines is 1. The maximum absolute atomic E-state index is 13.2. The van der Waals surface area contributed by atoms with Crippen molar-refractivity contribution in [1.29, 1.82) is 0 Å². The summed E-state index contributed by atoms with van der Waals surface area (Å²) in [6.07, 6.45) is 7.78. The van der Waals surface area contributed by atoms with Crippen molar-refractivity contribution in [2.24, 2.45) is 13.0 Å². The number of carboxylic acid groups (broad SMARTS) is 1. The predicted molar refractivity (Wildman–Crippen MR) is 130 cm³/mol. The van der Waals surface area contributed by atoms with E-state index >= 15 is 0 Å². The number of carbonyl (C=O) groups excluding carboxylic acids is 2. The molecule has 1 aliphatic carbocycles. The van der Waals surface area contributed by atoms with Gasteiger partial charge in [0.1, 0.15) is 17.8 Å². The Morgan fingerprint density at radius 1 is 1.12 bits per heavy atom. The molecule has 1 saturated carbocycles. The van der Waals surface area contributed by atoms with E-state index in [4.69, 9.17) is 0 Å². The molecule has 1 fully saturated rings. The Morgan fingerprint density at radius 3 is 2.41 bits per heavy atom. The van der Waals surface area contributed by atoms with E-state index in [1.807, 2.05) is 19.1 Å². The Kier molecular flexibility index (Phi) is 9.21. The number of rotatable bonds is 11. The van der Waals surface area contributed by atoms with Crippen LogP contribution in [-0.4, -0.2) is 51.3 Å². The van der Waals surface area contributed by atoms with Gasteiger partial charge in [-0.1, -0.05) is 38.3 Å². The molecule has 34 heavy (non-hydrogen) atoms. The van der Waals surface area contributed by atoms with Crippen LogP contribution >= 0.6 is 0 Å². The first-order chi connectivity index (χ1) is 16.4. The van der Waals surface area contributed by atoms with Gasteiger partial charge in [-0.2, -0.15) is 5.10 Å². The molecule has 9 nitrogen and oxygen atoms in total. The van der Waals surface area contributed by atoms with Crippen LogP contribution in [0.2, 0.25) is 0 Å². The van der Waals surface area contributed by atoms with E-state index in [0.717, 1.165) is 44.1 Å². The number of hydrogen-bond acceptors (Lipinski definition) is 5. The first-order valence-corrected chi connectivity index (χ1v) is 12.0. The van der Waals surface area contributed by atoms with Gasteiger partial charge in [0, 0.05) is 18.9 Å². The molecule has 1 aliphatic rings. The predicted octanol–water partition coefficient (Wildman–Crippen LogP) is 2.73. The Bertz CT molecular complexity index is 966. The van der Waals surface area contributed by atoms with Gasteiger partial charge in [-0.3, -0.25) is 19.1 Å². The normalized spacial score (nSPS) is 15.9. The standard InChI is InChI=1S/C25H35N5O4/c1-3-14-26-20(25(33)34)16-17-9-11-19(12-10-17)28-24(32)22(18-7-5-4-6-8-18)29-23(31)21-13-15-27-30(21)2/h9-13,15,18,20,22,26H,3-8,14,16H2,1-2H3,(H,28,32)(H,29,31)(H,33,34)/t20-,22+/m1/s1. The molecule has 0 radical (unpaired) electrons. The van der Waals surface area contributed by atoms with Gasteiger partial charge in [0.05, 0.1) is 0 Å². The average Bonchev–Trinajstić information content (AvgIpc) is 3.27. The molecule has 0 bridgehead atoms. The highest BCUT2D eigenvalue weighted by atomic mass is 16.4. The molecule has 0 spiro atoms. The lowest BCUT2D eigenvalue weighted by Crippen LogP contribution is -2.49. The highest BCUT2D eigenvalue weighted by Gasteiger charge is 2.32. The number of aromatic nitrogens is 2. The first kappa shape index (κ1) is 25.4. The molecule has 1 aromatic carbocycles. The summed E-state index contributed by atoms with van der Waals surface area (Å²) in [6, 6.07) is 7.52. The number of carboxylic acids is 1. The maximum Gasteiger partial charge on any atom is 0.321 e. The van der Waals surface area contributed by atoms with Crippen molar-refractivity contribution < 1.29 is 19.5 Å². The highest BCUT2D eigenvalue weighted by Crippen LogP contribution is 2.27. The number of nitrogens with one attached hydrogen (secondary N) is 3. The summed E-state index contributed by atoms with van der Waals surface area (Å²) in [5.41, 5.74) is 1.88. The molecular formula is C25H35N5O4. The van der Waals surface area contributed by atoms with Gasteiger partial charge in [-0.25, -0.2) is 0 Å². The van der Waals surface area contributed by atoms with Crippen molar-refractivity contribution in [3.8, 4) is 0 Å². The van der Waals surface area contributed by atoms with Crippen molar-refractivity contribution in [3.05, 3.63) is 47.8 Å². The van der Waals surface area contributed by atoms with Crippen LogP contribution in [0.4, 0.5) is 5.69 Å². The SMILES string of the molecule is CCCN[C@H](Cc1ccc(NC(=O)[C@@H](NC(=O)c2ccnn2C)C2CCCCC2)cc1)C(=O)O. The van der Waals surface area contributed by atoms with Crippen LogP contribution in [0.25, 0.3) is 0 Å². The van der Waals surface area contributed by atoms with E-state index in [2.05, 4.69) is 21.0 Å². The molecule has 2 aromatic rings. The number of aliphatic carboxylic acids is 1. The fraction of sp³-hybridized carbons (Fsp3) is 0.520. The number of benzene rings is 1. The lowest BCUT2D eigenvalue weighted by molar-refractivity contribution is -0.139. The van der Waals surface area contributed by atoms with Crippen LogP contribution in [0.5, 0.6) is 0 Å². The topological polar surface area (TPSA) is 125 Å². The minimum atomic E-state index is -0.884. The summed E-state index contributed by atoms with van der Waals surface area (Å²) >= 11 is 0. The molecule has 1 heterocycles. The van der Waals surface area contributed by atoms with E-state index in [1.54, 1.807) is 31.4 Å². The summed E-state index contributed by atoms with van der Waals surface area (Å²) in [6.45, 7) is 2.63. The molecule has 3 rings (SSSR count). The van der Waals surface area contributed by atoms with Crippen LogP contribution in [0, 0.1) is 5.92 Å². The summed E-state index contributed by atoms with van der Waals surface area (Å²) in [4.78, 5) is 37.5. The molecule has 2 amide bonds. The Balaban J connectivity index is 1.67.